The van der Waals surface area contributed by atoms with Crippen LogP contribution in [-0.2, 0) is 4.87 Å². The van der Waals surface area contributed by atoms with Crippen molar-refractivity contribution in [3.8, 4) is 0 Å². The highest BCUT2D eigenvalue weighted by Crippen LogP contribution is 2.36. The zero-order valence-corrected chi connectivity index (χ0v) is 13.9. The molecular weight excluding hydrogens is 280 g/mol. The van der Waals surface area contributed by atoms with Crippen molar-refractivity contribution in [3.05, 3.63) is 53.3 Å². The minimum Gasteiger partial charge on any atom is -0.294 e. The van der Waals surface area contributed by atoms with Crippen LogP contribution in [0.1, 0.15) is 42.0 Å². The number of rotatable bonds is 6. The molecule has 112 valence electrons. The smallest absolute Gasteiger partial charge is 0.166 e. The summed E-state index contributed by atoms with van der Waals surface area (Å²) in [4.78, 5) is 12.2. The highest BCUT2D eigenvalue weighted by molar-refractivity contribution is 7.99. The molecule has 0 fully saturated rings. The predicted octanol–water partition coefficient (Wildman–Crippen LogP) is 4.20. The first kappa shape index (κ1) is 15.8. The van der Waals surface area contributed by atoms with Gasteiger partial charge >= 0.3 is 0 Å². The minimum atomic E-state index is -0.347. The Kier molecular flexibility index (Phi) is 4.88. The largest absolute Gasteiger partial charge is 0.294 e. The van der Waals surface area contributed by atoms with Crippen LogP contribution in [0.4, 0.5) is 0 Å². The van der Waals surface area contributed by atoms with Crippen molar-refractivity contribution in [2.75, 3.05) is 5.75 Å². The van der Waals surface area contributed by atoms with Crippen LogP contribution < -0.4 is 0 Å². The number of benzene rings is 1. The van der Waals surface area contributed by atoms with Crippen molar-refractivity contribution in [3.63, 3.8) is 0 Å². The average molecular weight is 302 g/mol. The molecule has 0 saturated carbocycles. The maximum Gasteiger partial charge on any atom is 0.166 e. The Morgan fingerprint density at radius 2 is 1.95 bits per heavy atom. The molecule has 4 heteroatoms. The van der Waals surface area contributed by atoms with Gasteiger partial charge in [-0.15, -0.1) is 11.8 Å². The third-order valence-corrected chi connectivity index (χ3v) is 4.73. The molecule has 0 aliphatic rings. The van der Waals surface area contributed by atoms with E-state index in [1.807, 2.05) is 48.9 Å². The Hall–Kier alpha value is -1.55. The third kappa shape index (κ3) is 3.56. The number of hydrogen-bond donors (Lipinski definition) is 0. The van der Waals surface area contributed by atoms with Crippen LogP contribution in [0.5, 0.6) is 0 Å². The van der Waals surface area contributed by atoms with E-state index in [-0.39, 0.29) is 10.7 Å². The van der Waals surface area contributed by atoms with E-state index in [0.29, 0.717) is 6.42 Å². The van der Waals surface area contributed by atoms with E-state index >= 15 is 0 Å². The molecule has 1 atom stereocenters. The zero-order valence-electron chi connectivity index (χ0n) is 13.1. The van der Waals surface area contributed by atoms with Gasteiger partial charge in [-0.1, -0.05) is 37.3 Å². The SMILES string of the molecule is CCSC(C)(CC(=O)c1ccccc1)n1nc(C)cc1C. The average Bonchev–Trinajstić information content (AvgIpc) is 2.79. The highest BCUT2D eigenvalue weighted by Gasteiger charge is 2.32. The predicted molar refractivity (Wildman–Crippen MR) is 88.9 cm³/mol. The number of thioether (sulfide) groups is 1. The van der Waals surface area contributed by atoms with Crippen molar-refractivity contribution in [1.29, 1.82) is 0 Å². The molecule has 0 saturated heterocycles. The summed E-state index contributed by atoms with van der Waals surface area (Å²) in [6.07, 6.45) is 0.442. The fourth-order valence-corrected chi connectivity index (χ4v) is 3.79. The Balaban J connectivity index is 2.30. The van der Waals surface area contributed by atoms with Gasteiger partial charge in [0.05, 0.1) is 5.69 Å². The summed E-state index contributed by atoms with van der Waals surface area (Å²) in [6.45, 7) is 8.24. The van der Waals surface area contributed by atoms with Gasteiger partial charge < -0.3 is 0 Å². The molecular formula is C17H22N2OS. The summed E-state index contributed by atoms with van der Waals surface area (Å²) in [5, 5.41) is 4.59. The number of carbonyl (C=O) groups excluding carboxylic acids is 1. The van der Waals surface area contributed by atoms with Crippen LogP contribution in [0.3, 0.4) is 0 Å². The number of hydrogen-bond acceptors (Lipinski definition) is 3. The second kappa shape index (κ2) is 6.48. The summed E-state index contributed by atoms with van der Waals surface area (Å²) < 4.78 is 2.00. The lowest BCUT2D eigenvalue weighted by atomic mass is 10.0. The van der Waals surface area contributed by atoms with Gasteiger partial charge in [-0.3, -0.25) is 9.48 Å². The van der Waals surface area contributed by atoms with E-state index in [9.17, 15) is 4.79 Å². The van der Waals surface area contributed by atoms with E-state index in [1.165, 1.54) is 0 Å². The summed E-state index contributed by atoms with van der Waals surface area (Å²) in [5.41, 5.74) is 2.85. The summed E-state index contributed by atoms with van der Waals surface area (Å²) >= 11 is 1.76. The van der Waals surface area contributed by atoms with Crippen molar-refractivity contribution in [2.24, 2.45) is 0 Å². The van der Waals surface area contributed by atoms with Crippen molar-refractivity contribution >= 4 is 17.5 Å². The van der Waals surface area contributed by atoms with Crippen LogP contribution in [0.25, 0.3) is 0 Å². The van der Waals surface area contributed by atoms with E-state index in [4.69, 9.17) is 0 Å². The first-order valence-electron chi connectivity index (χ1n) is 7.22. The Labute approximate surface area is 130 Å². The number of nitrogens with zero attached hydrogens (tertiary/aromatic N) is 2. The number of carbonyl (C=O) groups is 1. The normalized spacial score (nSPS) is 13.9. The molecule has 0 aliphatic carbocycles. The van der Waals surface area contributed by atoms with Crippen molar-refractivity contribution in [1.82, 2.24) is 9.78 Å². The lowest BCUT2D eigenvalue weighted by Crippen LogP contribution is -2.32. The van der Waals surface area contributed by atoms with Gasteiger partial charge in [-0.2, -0.15) is 5.10 Å². The van der Waals surface area contributed by atoms with Gasteiger partial charge in [0.25, 0.3) is 0 Å². The summed E-state index contributed by atoms with van der Waals surface area (Å²) in [6, 6.07) is 11.5. The number of Topliss-reactive ketones (excluding diaryl/α,β-unsaturated/α-hetero) is 1. The molecule has 0 spiro atoms. The fourth-order valence-electron chi connectivity index (χ4n) is 2.63. The van der Waals surface area contributed by atoms with Gasteiger partial charge in [0.1, 0.15) is 4.87 Å². The minimum absolute atomic E-state index is 0.159. The second-order valence-corrected chi connectivity index (χ2v) is 7.16. The number of ketones is 1. The molecule has 2 rings (SSSR count). The van der Waals surface area contributed by atoms with Gasteiger partial charge in [-0.05, 0) is 32.6 Å². The van der Waals surface area contributed by atoms with Crippen LogP contribution in [-0.4, -0.2) is 21.3 Å². The monoisotopic (exact) mass is 302 g/mol. The molecule has 1 aromatic heterocycles. The highest BCUT2D eigenvalue weighted by atomic mass is 32.2. The maximum atomic E-state index is 12.6. The van der Waals surface area contributed by atoms with Crippen LogP contribution in [0.2, 0.25) is 0 Å². The first-order chi connectivity index (χ1) is 9.96. The Bertz CT molecular complexity index is 621. The number of aromatic nitrogens is 2. The van der Waals surface area contributed by atoms with Gasteiger partial charge in [0.15, 0.2) is 5.78 Å². The molecule has 0 radical (unpaired) electrons. The van der Waals surface area contributed by atoms with Crippen LogP contribution >= 0.6 is 11.8 Å². The van der Waals surface area contributed by atoms with E-state index in [0.717, 1.165) is 22.7 Å². The fraction of sp³-hybridized carbons (Fsp3) is 0.412. The van der Waals surface area contributed by atoms with E-state index in [2.05, 4.69) is 25.0 Å². The quantitative estimate of drug-likeness (QED) is 0.750. The second-order valence-electron chi connectivity index (χ2n) is 5.41. The third-order valence-electron chi connectivity index (χ3n) is 3.50. The first-order valence-corrected chi connectivity index (χ1v) is 8.21. The van der Waals surface area contributed by atoms with Crippen LogP contribution in [0, 0.1) is 13.8 Å². The molecule has 1 heterocycles. The Morgan fingerprint density at radius 3 is 2.48 bits per heavy atom. The lowest BCUT2D eigenvalue weighted by molar-refractivity contribution is 0.0955. The van der Waals surface area contributed by atoms with Gasteiger partial charge in [0, 0.05) is 17.7 Å². The molecule has 0 amide bonds. The Morgan fingerprint density at radius 1 is 1.29 bits per heavy atom. The zero-order chi connectivity index (χ0) is 15.5. The van der Waals surface area contributed by atoms with E-state index < -0.39 is 0 Å². The van der Waals surface area contributed by atoms with Crippen molar-refractivity contribution < 1.29 is 4.79 Å². The number of aryl methyl sites for hydroxylation is 2. The molecule has 1 aromatic carbocycles. The molecule has 0 aliphatic heterocycles. The lowest BCUT2D eigenvalue weighted by Gasteiger charge is -2.30. The molecule has 1 unspecified atom stereocenters. The van der Waals surface area contributed by atoms with Gasteiger partial charge in [-0.25, -0.2) is 0 Å². The van der Waals surface area contributed by atoms with Crippen molar-refractivity contribution in [2.45, 2.75) is 39.0 Å². The topological polar surface area (TPSA) is 34.9 Å². The molecule has 21 heavy (non-hydrogen) atoms. The van der Waals surface area contributed by atoms with Gasteiger partial charge in [0.2, 0.25) is 0 Å². The standard InChI is InChI=1S/C17H22N2OS/c1-5-21-17(4,19-14(3)11-13(2)18-19)12-16(20)15-9-7-6-8-10-15/h6-11H,5,12H2,1-4H3. The molecule has 2 aromatic rings. The molecule has 0 bridgehead atoms. The summed E-state index contributed by atoms with van der Waals surface area (Å²) in [5.74, 6) is 1.10. The molecule has 3 nitrogen and oxygen atoms in total. The van der Waals surface area contributed by atoms with E-state index in [1.54, 1.807) is 11.8 Å². The maximum absolute atomic E-state index is 12.6. The molecule has 0 N–H and O–H groups in total. The van der Waals surface area contributed by atoms with Crippen LogP contribution in [0.15, 0.2) is 36.4 Å². The summed E-state index contributed by atoms with van der Waals surface area (Å²) in [7, 11) is 0.